The number of carbonyl (C=O) groups is 1. The summed E-state index contributed by atoms with van der Waals surface area (Å²) in [5.41, 5.74) is 10.1. The molecule has 0 aromatic heterocycles. The summed E-state index contributed by atoms with van der Waals surface area (Å²) in [5, 5.41) is 3.62. The number of nitrogens with one attached hydrogen (secondary N) is 1. The Morgan fingerprint density at radius 2 is 1.91 bits per heavy atom. The van der Waals surface area contributed by atoms with Gasteiger partial charge in [-0.2, -0.15) is 0 Å². The molecule has 0 amide bonds. The SMILES string of the molecule is CC(=O)Oc1ccc2c(c1)CC(C)(C)C(c1ccc(N)cc1)N2. The number of benzene rings is 2. The van der Waals surface area contributed by atoms with Crippen LogP contribution >= 0.6 is 0 Å². The molecule has 0 aliphatic carbocycles. The molecule has 3 rings (SSSR count). The van der Waals surface area contributed by atoms with Crippen molar-refractivity contribution in [1.82, 2.24) is 0 Å². The van der Waals surface area contributed by atoms with Crippen molar-refractivity contribution in [3.8, 4) is 5.75 Å². The average molecular weight is 310 g/mol. The van der Waals surface area contributed by atoms with Crippen LogP contribution in [0.4, 0.5) is 11.4 Å². The van der Waals surface area contributed by atoms with Gasteiger partial charge in [0.15, 0.2) is 0 Å². The number of ether oxygens (including phenoxy) is 1. The van der Waals surface area contributed by atoms with Gasteiger partial charge < -0.3 is 15.8 Å². The van der Waals surface area contributed by atoms with Crippen LogP contribution in [0.5, 0.6) is 5.75 Å². The number of esters is 1. The Morgan fingerprint density at radius 3 is 2.57 bits per heavy atom. The molecule has 0 bridgehead atoms. The number of hydrogen-bond donors (Lipinski definition) is 2. The maximum absolute atomic E-state index is 11.1. The predicted molar refractivity (Wildman–Crippen MR) is 92.5 cm³/mol. The van der Waals surface area contributed by atoms with Gasteiger partial charge in [-0.25, -0.2) is 0 Å². The van der Waals surface area contributed by atoms with Gasteiger partial charge in [-0.05, 0) is 53.3 Å². The first-order chi connectivity index (χ1) is 10.8. The molecular weight excluding hydrogens is 288 g/mol. The van der Waals surface area contributed by atoms with Crippen molar-refractivity contribution in [2.24, 2.45) is 5.41 Å². The van der Waals surface area contributed by atoms with Crippen molar-refractivity contribution in [2.45, 2.75) is 33.2 Å². The maximum Gasteiger partial charge on any atom is 0.308 e. The second-order valence-electron chi connectivity index (χ2n) is 6.82. The second-order valence-corrected chi connectivity index (χ2v) is 6.82. The van der Waals surface area contributed by atoms with E-state index in [2.05, 4.69) is 31.3 Å². The minimum Gasteiger partial charge on any atom is -0.427 e. The molecule has 0 spiro atoms. The van der Waals surface area contributed by atoms with E-state index >= 15 is 0 Å². The Hall–Kier alpha value is -2.49. The van der Waals surface area contributed by atoms with Crippen LogP contribution in [-0.4, -0.2) is 5.97 Å². The van der Waals surface area contributed by atoms with Gasteiger partial charge in [0.1, 0.15) is 5.75 Å². The fourth-order valence-electron chi connectivity index (χ4n) is 3.25. The van der Waals surface area contributed by atoms with E-state index < -0.39 is 0 Å². The van der Waals surface area contributed by atoms with E-state index in [1.54, 1.807) is 0 Å². The number of nitrogens with two attached hydrogens (primary N) is 1. The highest BCUT2D eigenvalue weighted by atomic mass is 16.5. The first kappa shape index (κ1) is 15.4. The number of rotatable bonds is 2. The highest BCUT2D eigenvalue weighted by Crippen LogP contribution is 2.45. The van der Waals surface area contributed by atoms with Crippen LogP contribution in [0.25, 0.3) is 0 Å². The monoisotopic (exact) mass is 310 g/mol. The fraction of sp³-hybridized carbons (Fsp3) is 0.316. The van der Waals surface area contributed by atoms with Crippen LogP contribution < -0.4 is 15.8 Å². The number of fused-ring (bicyclic) bond motifs is 1. The van der Waals surface area contributed by atoms with Gasteiger partial charge in [0.25, 0.3) is 0 Å². The Bertz CT molecular complexity index is 736. The molecule has 4 nitrogen and oxygen atoms in total. The average Bonchev–Trinajstić information content (AvgIpc) is 2.46. The van der Waals surface area contributed by atoms with Crippen molar-refractivity contribution in [3.05, 3.63) is 53.6 Å². The van der Waals surface area contributed by atoms with Crippen molar-refractivity contribution in [3.63, 3.8) is 0 Å². The smallest absolute Gasteiger partial charge is 0.308 e. The third-order valence-corrected chi connectivity index (χ3v) is 4.34. The molecule has 0 saturated carbocycles. The predicted octanol–water partition coefficient (Wildman–Crippen LogP) is 3.93. The van der Waals surface area contributed by atoms with E-state index in [4.69, 9.17) is 10.5 Å². The van der Waals surface area contributed by atoms with E-state index in [0.717, 1.165) is 17.8 Å². The van der Waals surface area contributed by atoms with E-state index in [-0.39, 0.29) is 17.4 Å². The zero-order chi connectivity index (χ0) is 16.6. The molecule has 1 aliphatic rings. The van der Waals surface area contributed by atoms with Crippen LogP contribution in [-0.2, 0) is 11.2 Å². The normalized spacial score (nSPS) is 18.7. The molecular formula is C19H22N2O2. The summed E-state index contributed by atoms with van der Waals surface area (Å²) in [5.74, 6) is 0.299. The van der Waals surface area contributed by atoms with Crippen molar-refractivity contribution in [1.29, 1.82) is 0 Å². The minimum absolute atomic E-state index is 0.0258. The lowest BCUT2D eigenvalue weighted by molar-refractivity contribution is -0.131. The molecule has 1 atom stereocenters. The summed E-state index contributed by atoms with van der Waals surface area (Å²) in [6.45, 7) is 5.89. The number of hydrogen-bond acceptors (Lipinski definition) is 4. The molecule has 23 heavy (non-hydrogen) atoms. The molecule has 2 aromatic carbocycles. The summed E-state index contributed by atoms with van der Waals surface area (Å²) in [7, 11) is 0. The third-order valence-electron chi connectivity index (χ3n) is 4.34. The van der Waals surface area contributed by atoms with Gasteiger partial charge in [-0.1, -0.05) is 26.0 Å². The van der Waals surface area contributed by atoms with Crippen molar-refractivity contribution in [2.75, 3.05) is 11.1 Å². The van der Waals surface area contributed by atoms with Gasteiger partial charge in [-0.15, -0.1) is 0 Å². The van der Waals surface area contributed by atoms with E-state index in [1.165, 1.54) is 18.1 Å². The molecule has 1 unspecified atom stereocenters. The fourth-order valence-corrected chi connectivity index (χ4v) is 3.25. The summed E-state index contributed by atoms with van der Waals surface area (Å²) < 4.78 is 5.19. The Kier molecular flexibility index (Phi) is 3.76. The number of carbonyl (C=O) groups excluding carboxylic acids is 1. The quantitative estimate of drug-likeness (QED) is 0.501. The molecule has 0 radical (unpaired) electrons. The van der Waals surface area contributed by atoms with Crippen LogP contribution in [0.3, 0.4) is 0 Å². The molecule has 4 heteroatoms. The maximum atomic E-state index is 11.1. The highest BCUT2D eigenvalue weighted by molar-refractivity contribution is 5.70. The van der Waals surface area contributed by atoms with Gasteiger partial charge in [0.05, 0.1) is 6.04 Å². The summed E-state index contributed by atoms with van der Waals surface area (Å²) in [4.78, 5) is 11.1. The molecule has 0 fully saturated rings. The van der Waals surface area contributed by atoms with E-state index in [0.29, 0.717) is 5.75 Å². The van der Waals surface area contributed by atoms with Crippen LogP contribution in [0.15, 0.2) is 42.5 Å². The van der Waals surface area contributed by atoms with Gasteiger partial charge in [0, 0.05) is 18.3 Å². The zero-order valence-corrected chi connectivity index (χ0v) is 13.7. The lowest BCUT2D eigenvalue weighted by Gasteiger charge is -2.41. The third kappa shape index (κ3) is 3.16. The molecule has 3 N–H and O–H groups in total. The highest BCUT2D eigenvalue weighted by Gasteiger charge is 2.36. The summed E-state index contributed by atoms with van der Waals surface area (Å²) in [6, 6.07) is 14.0. The molecule has 1 heterocycles. The molecule has 1 aliphatic heterocycles. The zero-order valence-electron chi connectivity index (χ0n) is 13.7. The van der Waals surface area contributed by atoms with Crippen molar-refractivity contribution < 1.29 is 9.53 Å². The molecule has 120 valence electrons. The topological polar surface area (TPSA) is 64.3 Å². The Morgan fingerprint density at radius 1 is 1.22 bits per heavy atom. The lowest BCUT2D eigenvalue weighted by Crippen LogP contribution is -2.34. The number of anilines is 2. The molecule has 0 saturated heterocycles. The van der Waals surface area contributed by atoms with Crippen LogP contribution in [0.1, 0.15) is 37.9 Å². The van der Waals surface area contributed by atoms with E-state index in [9.17, 15) is 4.79 Å². The Balaban J connectivity index is 1.93. The first-order valence-corrected chi connectivity index (χ1v) is 7.78. The number of nitrogen functional groups attached to an aromatic ring is 1. The van der Waals surface area contributed by atoms with Gasteiger partial charge >= 0.3 is 5.97 Å². The van der Waals surface area contributed by atoms with Crippen LogP contribution in [0.2, 0.25) is 0 Å². The first-order valence-electron chi connectivity index (χ1n) is 7.78. The minimum atomic E-state index is -0.298. The second kappa shape index (κ2) is 5.61. The largest absolute Gasteiger partial charge is 0.427 e. The van der Waals surface area contributed by atoms with E-state index in [1.807, 2.05) is 30.3 Å². The van der Waals surface area contributed by atoms with Gasteiger partial charge in [0.2, 0.25) is 0 Å². The summed E-state index contributed by atoms with van der Waals surface area (Å²) in [6.07, 6.45) is 0.902. The standard InChI is InChI=1S/C19H22N2O2/c1-12(22)23-16-8-9-17-14(10-16)11-19(2,3)18(21-17)13-4-6-15(20)7-5-13/h4-10,18,21H,11,20H2,1-3H3. The van der Waals surface area contributed by atoms with Crippen LogP contribution in [0, 0.1) is 5.41 Å². The van der Waals surface area contributed by atoms with Crippen molar-refractivity contribution >= 4 is 17.3 Å². The molecule has 2 aromatic rings. The summed E-state index contributed by atoms with van der Waals surface area (Å²) >= 11 is 0. The van der Waals surface area contributed by atoms with Gasteiger partial charge in [-0.3, -0.25) is 4.79 Å². The lowest BCUT2D eigenvalue weighted by atomic mass is 9.73. The Labute approximate surface area is 136 Å².